The highest BCUT2D eigenvalue weighted by molar-refractivity contribution is 6.76. The van der Waals surface area contributed by atoms with Crippen molar-refractivity contribution < 1.29 is 62.0 Å². The Bertz CT molecular complexity index is 4390. The maximum atomic E-state index is 14.9. The molecule has 0 radical (unpaired) electrons. The van der Waals surface area contributed by atoms with Gasteiger partial charge in [-0.05, 0) is 124 Å². The number of pyridine rings is 4. The lowest BCUT2D eigenvalue weighted by Crippen LogP contribution is -2.46. The van der Waals surface area contributed by atoms with Crippen molar-refractivity contribution >= 4 is 116 Å². The summed E-state index contributed by atoms with van der Waals surface area (Å²) in [6, 6.07) is 25.4. The van der Waals surface area contributed by atoms with Gasteiger partial charge in [-0.3, -0.25) is 24.0 Å². The molecule has 8 aromatic rings. The fraction of sp³-hybridized carbons (Fsp3) is 0.449. The van der Waals surface area contributed by atoms with E-state index in [0.29, 0.717) is 57.3 Å². The topological polar surface area (TPSA) is 299 Å². The first kappa shape index (κ1) is 77.8. The molecule has 0 aliphatic heterocycles. The van der Waals surface area contributed by atoms with Gasteiger partial charge in [0, 0.05) is 53.9 Å². The second kappa shape index (κ2) is 34.1. The van der Waals surface area contributed by atoms with E-state index < -0.39 is 67.4 Å². The molecule has 4 aromatic carbocycles. The van der Waals surface area contributed by atoms with Gasteiger partial charge in [0.2, 0.25) is 11.8 Å². The summed E-state index contributed by atoms with van der Waals surface area (Å²) < 4.78 is 36.6. The lowest BCUT2D eigenvalue weighted by Gasteiger charge is -2.24. The molecule has 6 amide bonds. The number of amides is 6. The van der Waals surface area contributed by atoms with Gasteiger partial charge in [0.05, 0.1) is 77.9 Å². The molecule has 2 atom stereocenters. The van der Waals surface area contributed by atoms with Gasteiger partial charge in [0.1, 0.15) is 57.8 Å². The first-order valence-electron chi connectivity index (χ1n) is 35.1. The molecule has 6 N–H and O–H groups in total. The molecule has 544 valence electrons. The standard InChI is InChI=1S/C78H100N10O13Si/c1-43(2)33-57(71(89)83-53-27-19-23-49-63(97-39-45(5)6)36-60(79-67(49)53)74(92)86-56-30-22-26-52-66(100-42-48(11)12)38-62(82-70(52)56)76(94)96-31-32-102(16,17)18)87-75(93)61-37-65(99-41-47(9)10)51-25-21-29-55(69(51)81-61)85-73(91)59-35-64(98-40-46(7)8)50-24-20-28-54(68(50)80-59)84-72(90)58(34-44(3)4)88-77(95)101-78(13,14)15/h19-30,35-38,43-48,57-58H,31-34,39-42H2,1-18H3,(H,83,89)(H,84,90)(H,85,91)(H,86,92)(H,87,93)(H,88,95)/t57-,58-/m0/s1. The third-order valence-electron chi connectivity index (χ3n) is 15.5. The van der Waals surface area contributed by atoms with E-state index in [2.05, 4.69) is 51.5 Å². The summed E-state index contributed by atoms with van der Waals surface area (Å²) in [5, 5.41) is 19.6. The fourth-order valence-electron chi connectivity index (χ4n) is 10.7. The maximum absolute atomic E-state index is 14.9. The number of benzene rings is 4. The van der Waals surface area contributed by atoms with Crippen LogP contribution >= 0.6 is 0 Å². The van der Waals surface area contributed by atoms with Crippen molar-refractivity contribution in [2.45, 2.75) is 160 Å². The number of fused-ring (bicyclic) bond motifs is 4. The van der Waals surface area contributed by atoms with Crippen LogP contribution < -0.4 is 50.8 Å². The average molecular weight is 1410 g/mol. The van der Waals surface area contributed by atoms with Gasteiger partial charge in [-0.15, -0.1) is 0 Å². The Labute approximate surface area is 598 Å². The van der Waals surface area contributed by atoms with E-state index in [-0.39, 0.29) is 136 Å². The van der Waals surface area contributed by atoms with E-state index in [4.69, 9.17) is 48.4 Å². The summed E-state index contributed by atoms with van der Waals surface area (Å²) in [5.74, 6) is -2.18. The minimum atomic E-state index is -1.54. The molecule has 0 fully saturated rings. The molecular formula is C78H100N10O13Si. The van der Waals surface area contributed by atoms with Crippen LogP contribution in [0.3, 0.4) is 0 Å². The van der Waals surface area contributed by atoms with Gasteiger partial charge in [0.25, 0.3) is 17.7 Å². The Morgan fingerprint density at radius 3 is 1.05 bits per heavy atom. The Balaban J connectivity index is 1.11. The molecule has 102 heavy (non-hydrogen) atoms. The van der Waals surface area contributed by atoms with Crippen molar-refractivity contribution in [1.29, 1.82) is 0 Å². The summed E-state index contributed by atoms with van der Waals surface area (Å²) in [4.78, 5) is 119. The SMILES string of the molecule is CC(C)COc1cc(C(=O)N[C@@H](CC(C)C)C(=O)Nc2cccc3c(OCC(C)C)cc(C(=O)Nc4cccc5c(OCC(C)C)cc(C(=O)OCC[Si](C)(C)C)nc45)nc23)nc2c(NC(=O)c3cc(OCC(C)C)c4cccc(NC(=O)[C@H](CC(C)C)NC(=O)OC(C)(C)C)c4n3)cccc12. The van der Waals surface area contributed by atoms with Gasteiger partial charge >= 0.3 is 12.1 Å². The van der Waals surface area contributed by atoms with Gasteiger partial charge < -0.3 is 60.3 Å². The third-order valence-corrected chi connectivity index (χ3v) is 17.2. The number of nitrogens with one attached hydrogen (secondary N) is 6. The number of carbonyl (C=O) groups is 7. The molecule has 8 rings (SSSR count). The second-order valence-corrected chi connectivity index (χ2v) is 36.1. The number of anilines is 4. The average Bonchev–Trinajstić information content (AvgIpc) is 0.785. The molecule has 0 spiro atoms. The number of rotatable bonds is 31. The summed E-state index contributed by atoms with van der Waals surface area (Å²) in [7, 11) is -1.54. The molecule has 24 heteroatoms. The van der Waals surface area contributed by atoms with Crippen LogP contribution in [-0.2, 0) is 19.1 Å². The van der Waals surface area contributed by atoms with E-state index >= 15 is 0 Å². The number of hydrogen-bond acceptors (Lipinski definition) is 17. The van der Waals surface area contributed by atoms with Crippen molar-refractivity contribution in [2.24, 2.45) is 35.5 Å². The largest absolute Gasteiger partial charge is 0.493 e. The Morgan fingerprint density at radius 2 is 0.725 bits per heavy atom. The summed E-state index contributed by atoms with van der Waals surface area (Å²) in [6.45, 7) is 36.8. The van der Waals surface area contributed by atoms with Crippen LogP contribution in [-0.4, -0.2) is 120 Å². The molecule has 0 saturated heterocycles. The Morgan fingerprint density at radius 1 is 0.412 bits per heavy atom. The van der Waals surface area contributed by atoms with E-state index in [1.54, 1.807) is 99.6 Å². The van der Waals surface area contributed by atoms with Crippen molar-refractivity contribution in [1.82, 2.24) is 30.6 Å². The molecular weight excluding hydrogens is 1310 g/mol. The lowest BCUT2D eigenvalue weighted by molar-refractivity contribution is -0.119. The van der Waals surface area contributed by atoms with Crippen LogP contribution in [0.1, 0.15) is 159 Å². The highest BCUT2D eigenvalue weighted by atomic mass is 28.3. The van der Waals surface area contributed by atoms with Gasteiger partial charge in [-0.25, -0.2) is 29.5 Å². The molecule has 0 saturated carbocycles. The molecule has 23 nitrogen and oxygen atoms in total. The van der Waals surface area contributed by atoms with Crippen LogP contribution in [0.5, 0.6) is 23.0 Å². The second-order valence-electron chi connectivity index (χ2n) is 30.5. The number of hydrogen-bond donors (Lipinski definition) is 6. The van der Waals surface area contributed by atoms with Crippen LogP contribution in [0.25, 0.3) is 43.6 Å². The molecule has 4 heterocycles. The zero-order chi connectivity index (χ0) is 74.5. The van der Waals surface area contributed by atoms with E-state index in [1.807, 2.05) is 83.1 Å². The number of carbonyl (C=O) groups excluding carboxylic acids is 7. The van der Waals surface area contributed by atoms with Crippen LogP contribution in [0.2, 0.25) is 25.7 Å². The van der Waals surface area contributed by atoms with Crippen molar-refractivity contribution in [2.75, 3.05) is 54.3 Å². The molecule has 0 aliphatic rings. The first-order valence-corrected chi connectivity index (χ1v) is 38.8. The monoisotopic (exact) mass is 1410 g/mol. The summed E-state index contributed by atoms with van der Waals surface area (Å²) in [5.41, 5.74) is 0.821. The smallest absolute Gasteiger partial charge is 0.408 e. The number of nitrogens with zero attached hydrogens (tertiary/aromatic N) is 4. The number of alkyl carbamates (subject to hydrolysis) is 1. The number of para-hydroxylation sites is 4. The van der Waals surface area contributed by atoms with Gasteiger partial charge in [-0.2, -0.15) is 0 Å². The highest BCUT2D eigenvalue weighted by Crippen LogP contribution is 2.37. The Kier molecular flexibility index (Phi) is 26.0. The molecule has 4 aromatic heterocycles. The summed E-state index contributed by atoms with van der Waals surface area (Å²) >= 11 is 0. The minimum Gasteiger partial charge on any atom is -0.493 e. The molecule has 0 aliphatic carbocycles. The quantitative estimate of drug-likeness (QED) is 0.0174. The predicted molar refractivity (Wildman–Crippen MR) is 403 cm³/mol. The van der Waals surface area contributed by atoms with E-state index in [9.17, 15) is 33.6 Å². The summed E-state index contributed by atoms with van der Waals surface area (Å²) in [6.07, 6.45) is -0.283. The number of ether oxygens (including phenoxy) is 6. The molecule has 0 bridgehead atoms. The van der Waals surface area contributed by atoms with E-state index in [1.165, 1.54) is 18.2 Å². The molecule has 0 unspecified atom stereocenters. The van der Waals surface area contributed by atoms with Gasteiger partial charge in [-0.1, -0.05) is 127 Å². The first-order chi connectivity index (χ1) is 48.1. The zero-order valence-corrected chi connectivity index (χ0v) is 63.1. The Hall–Kier alpha value is -9.97. The number of aromatic nitrogens is 4. The van der Waals surface area contributed by atoms with Crippen molar-refractivity contribution in [3.63, 3.8) is 0 Å². The van der Waals surface area contributed by atoms with Crippen molar-refractivity contribution in [3.05, 3.63) is 120 Å². The predicted octanol–water partition coefficient (Wildman–Crippen LogP) is 15.7. The van der Waals surface area contributed by atoms with E-state index in [0.717, 1.165) is 6.04 Å². The number of esters is 1. The normalized spacial score (nSPS) is 12.5. The van der Waals surface area contributed by atoms with Crippen molar-refractivity contribution in [3.8, 4) is 23.0 Å². The van der Waals surface area contributed by atoms with Gasteiger partial charge in [0.15, 0.2) is 5.69 Å². The minimum absolute atomic E-state index is 0.00877. The van der Waals surface area contributed by atoms with Crippen LogP contribution in [0.4, 0.5) is 27.5 Å². The fourth-order valence-corrected chi connectivity index (χ4v) is 11.4. The third kappa shape index (κ3) is 21.5. The lowest BCUT2D eigenvalue weighted by atomic mass is 10.0. The van der Waals surface area contributed by atoms with Crippen LogP contribution in [0.15, 0.2) is 97.1 Å². The highest BCUT2D eigenvalue weighted by Gasteiger charge is 2.30. The zero-order valence-electron chi connectivity index (χ0n) is 62.1. The maximum Gasteiger partial charge on any atom is 0.408 e. The van der Waals surface area contributed by atoms with Crippen LogP contribution in [0, 0.1) is 35.5 Å².